The van der Waals surface area contributed by atoms with Crippen molar-refractivity contribution in [1.29, 1.82) is 0 Å². The molecule has 62 valence electrons. The van der Waals surface area contributed by atoms with Crippen LogP contribution in [-0.4, -0.2) is 11.2 Å². The normalized spacial score (nSPS) is 20.4. The minimum absolute atomic E-state index is 0.0953. The first kappa shape index (κ1) is 8.62. The summed E-state index contributed by atoms with van der Waals surface area (Å²) in [4.78, 5) is 0. The molecule has 1 nitrogen and oxygen atoms in total. The maximum Gasteiger partial charge on any atom is 0.119 e. The highest BCUT2D eigenvalue weighted by molar-refractivity contribution is 5.14. The van der Waals surface area contributed by atoms with Crippen LogP contribution < -0.4 is 0 Å². The van der Waals surface area contributed by atoms with Gasteiger partial charge in [0.2, 0.25) is 0 Å². The minimum atomic E-state index is -0.469. The first-order valence-corrected chi connectivity index (χ1v) is 4.19. The van der Waals surface area contributed by atoms with Crippen molar-refractivity contribution in [1.82, 2.24) is 0 Å². The molecule has 0 aliphatic heterocycles. The van der Waals surface area contributed by atoms with E-state index < -0.39 is 6.10 Å². The molecule has 0 radical (unpaired) electrons. The summed E-state index contributed by atoms with van der Waals surface area (Å²) in [6, 6.07) is 0. The Morgan fingerprint density at radius 1 is 1.36 bits per heavy atom. The molecule has 11 heavy (non-hydrogen) atoms. The van der Waals surface area contributed by atoms with Crippen molar-refractivity contribution in [2.45, 2.75) is 39.7 Å². The van der Waals surface area contributed by atoms with Gasteiger partial charge in [-0.1, -0.05) is 32.6 Å². The van der Waals surface area contributed by atoms with Gasteiger partial charge in [-0.15, -0.1) is 0 Å². The fraction of sp³-hybridized carbons (Fsp3) is 0.800. The van der Waals surface area contributed by atoms with Gasteiger partial charge in [-0.05, 0) is 18.3 Å². The maximum atomic E-state index is 9.49. The second kappa shape index (κ2) is 2.87. The van der Waals surface area contributed by atoms with E-state index in [0.29, 0.717) is 5.92 Å². The van der Waals surface area contributed by atoms with Crippen LogP contribution in [0.5, 0.6) is 0 Å². The Hall–Kier alpha value is -0.480. The van der Waals surface area contributed by atoms with E-state index in [-0.39, 0.29) is 5.41 Å². The lowest BCUT2D eigenvalue weighted by atomic mass is 9.89. The number of hydrogen-bond acceptors (Lipinski definition) is 1. The molecule has 0 amide bonds. The zero-order chi connectivity index (χ0) is 8.48. The molecule has 1 rings (SSSR count). The van der Waals surface area contributed by atoms with Crippen molar-refractivity contribution >= 4 is 0 Å². The summed E-state index contributed by atoms with van der Waals surface area (Å²) in [6.45, 7) is 6.00. The Morgan fingerprint density at radius 3 is 2.27 bits per heavy atom. The third-order valence-corrected chi connectivity index (χ3v) is 1.82. The van der Waals surface area contributed by atoms with Crippen LogP contribution in [0.1, 0.15) is 33.6 Å². The van der Waals surface area contributed by atoms with E-state index in [1.54, 1.807) is 0 Å². The van der Waals surface area contributed by atoms with E-state index >= 15 is 0 Å². The van der Waals surface area contributed by atoms with E-state index in [9.17, 15) is 5.11 Å². The van der Waals surface area contributed by atoms with Gasteiger partial charge in [-0.25, -0.2) is 0 Å². The lowest BCUT2D eigenvalue weighted by Crippen LogP contribution is -2.23. The van der Waals surface area contributed by atoms with Crippen molar-refractivity contribution in [2.24, 2.45) is 11.3 Å². The molecule has 0 aromatic carbocycles. The van der Waals surface area contributed by atoms with Crippen LogP contribution in [0.4, 0.5) is 0 Å². The summed E-state index contributed by atoms with van der Waals surface area (Å²) in [5, 5.41) is 9.49. The molecule has 0 heterocycles. The van der Waals surface area contributed by atoms with E-state index in [0.717, 1.165) is 0 Å². The SMILES string of the molecule is CC(C)(C)C(O)C#CC1CC1. The highest BCUT2D eigenvalue weighted by Gasteiger charge is 2.22. The van der Waals surface area contributed by atoms with Crippen molar-refractivity contribution < 1.29 is 5.11 Å². The van der Waals surface area contributed by atoms with Crippen LogP contribution in [0.2, 0.25) is 0 Å². The fourth-order valence-corrected chi connectivity index (χ4v) is 0.641. The van der Waals surface area contributed by atoms with Crippen molar-refractivity contribution in [3.05, 3.63) is 0 Å². The first-order chi connectivity index (χ1) is 5.00. The number of aliphatic hydroxyl groups is 1. The molecule has 1 saturated carbocycles. The zero-order valence-corrected chi connectivity index (χ0v) is 7.52. The van der Waals surface area contributed by atoms with E-state index in [4.69, 9.17) is 0 Å². The van der Waals surface area contributed by atoms with Crippen molar-refractivity contribution in [2.75, 3.05) is 0 Å². The van der Waals surface area contributed by atoms with E-state index in [1.807, 2.05) is 20.8 Å². The maximum absolute atomic E-state index is 9.49. The molecule has 1 unspecified atom stereocenters. The predicted octanol–water partition coefficient (Wildman–Crippen LogP) is 1.81. The highest BCUT2D eigenvalue weighted by atomic mass is 16.3. The standard InChI is InChI=1S/C10H16O/c1-10(2,3)9(11)7-6-8-4-5-8/h8-9,11H,4-5H2,1-3H3. The van der Waals surface area contributed by atoms with Crippen molar-refractivity contribution in [3.63, 3.8) is 0 Å². The molecule has 0 bridgehead atoms. The molecule has 0 spiro atoms. The Morgan fingerprint density at radius 2 is 1.91 bits per heavy atom. The Kier molecular flexibility index (Phi) is 2.25. The van der Waals surface area contributed by atoms with E-state index in [2.05, 4.69) is 11.8 Å². The second-order valence-electron chi connectivity index (χ2n) is 4.33. The fourth-order valence-electron chi connectivity index (χ4n) is 0.641. The largest absolute Gasteiger partial charge is 0.380 e. The van der Waals surface area contributed by atoms with Gasteiger partial charge < -0.3 is 5.11 Å². The van der Waals surface area contributed by atoms with Gasteiger partial charge in [0.15, 0.2) is 0 Å². The lowest BCUT2D eigenvalue weighted by molar-refractivity contribution is 0.114. The van der Waals surface area contributed by atoms with Gasteiger partial charge in [0.05, 0.1) is 0 Å². The summed E-state index contributed by atoms with van der Waals surface area (Å²) in [5.41, 5.74) is -0.0953. The van der Waals surface area contributed by atoms with Crippen LogP contribution >= 0.6 is 0 Å². The topological polar surface area (TPSA) is 20.2 Å². The number of aliphatic hydroxyl groups excluding tert-OH is 1. The van der Waals surface area contributed by atoms with Crippen LogP contribution in [-0.2, 0) is 0 Å². The molecule has 0 aromatic heterocycles. The molecule has 1 aliphatic rings. The average molecular weight is 152 g/mol. The summed E-state index contributed by atoms with van der Waals surface area (Å²) in [5.74, 6) is 6.54. The highest BCUT2D eigenvalue weighted by Crippen LogP contribution is 2.28. The quantitative estimate of drug-likeness (QED) is 0.525. The van der Waals surface area contributed by atoms with Gasteiger partial charge in [-0.3, -0.25) is 0 Å². The molecule has 1 fully saturated rings. The third-order valence-electron chi connectivity index (χ3n) is 1.82. The summed E-state index contributed by atoms with van der Waals surface area (Å²) < 4.78 is 0. The van der Waals surface area contributed by atoms with Gasteiger partial charge in [0.25, 0.3) is 0 Å². The zero-order valence-electron chi connectivity index (χ0n) is 7.52. The van der Waals surface area contributed by atoms with Gasteiger partial charge in [-0.2, -0.15) is 0 Å². The second-order valence-corrected chi connectivity index (χ2v) is 4.33. The average Bonchev–Trinajstić information content (AvgIpc) is 2.62. The van der Waals surface area contributed by atoms with Gasteiger partial charge >= 0.3 is 0 Å². The molecular weight excluding hydrogens is 136 g/mol. The number of hydrogen-bond donors (Lipinski definition) is 1. The van der Waals surface area contributed by atoms with Crippen LogP contribution in [0.25, 0.3) is 0 Å². The predicted molar refractivity (Wildman–Crippen MR) is 46.0 cm³/mol. The molecule has 0 saturated heterocycles. The smallest absolute Gasteiger partial charge is 0.119 e. The first-order valence-electron chi connectivity index (χ1n) is 4.19. The molecular formula is C10H16O. The van der Waals surface area contributed by atoms with Gasteiger partial charge in [0, 0.05) is 5.92 Å². The molecule has 1 aliphatic carbocycles. The number of rotatable bonds is 0. The van der Waals surface area contributed by atoms with Crippen LogP contribution in [0.3, 0.4) is 0 Å². The Bertz CT molecular complexity index is 185. The molecule has 0 aromatic rings. The van der Waals surface area contributed by atoms with Crippen LogP contribution in [0.15, 0.2) is 0 Å². The summed E-state index contributed by atoms with van der Waals surface area (Å²) >= 11 is 0. The molecule has 1 atom stereocenters. The summed E-state index contributed by atoms with van der Waals surface area (Å²) in [7, 11) is 0. The monoisotopic (exact) mass is 152 g/mol. The summed E-state index contributed by atoms with van der Waals surface area (Å²) in [6.07, 6.45) is 1.98. The molecule has 1 N–H and O–H groups in total. The minimum Gasteiger partial charge on any atom is -0.380 e. The van der Waals surface area contributed by atoms with Crippen molar-refractivity contribution in [3.8, 4) is 11.8 Å². The Labute approximate surface area is 68.8 Å². The third kappa shape index (κ3) is 2.95. The Balaban J connectivity index is 2.42. The lowest BCUT2D eigenvalue weighted by Gasteiger charge is -2.20. The van der Waals surface area contributed by atoms with Crippen LogP contribution in [0, 0.1) is 23.2 Å². The molecule has 1 heteroatoms. The van der Waals surface area contributed by atoms with Gasteiger partial charge in [0.1, 0.15) is 6.10 Å². The van der Waals surface area contributed by atoms with E-state index in [1.165, 1.54) is 12.8 Å².